The number of ether oxygens (including phenoxy) is 1. The predicted octanol–water partition coefficient (Wildman–Crippen LogP) is 1.67. The fraction of sp³-hybridized carbons (Fsp3) is 0.647. The molecule has 5 N–H and O–H groups in total. The van der Waals surface area contributed by atoms with Crippen LogP contribution >= 0.6 is 0 Å². The molecule has 2 fully saturated rings. The molecule has 6 nitrogen and oxygen atoms in total. The standard InChI is InChI=1S/C17H23F3N4O2/c18-17(19,20)26-12-4-6-16(13(21)8-12,14(22)15(23)25)10-2-1-3-11-5-7-24(11)9-10/h4,6,8,10-11,13,22H,1-3,5,7,9,21H2,(H2,23,25)/t10-,11?,13?,16?/m1/s1. The van der Waals surface area contributed by atoms with Crippen molar-refractivity contribution in [1.82, 2.24) is 4.90 Å². The number of fused-ring (bicyclic) bond motifs is 1. The van der Waals surface area contributed by atoms with Crippen LogP contribution in [0.1, 0.15) is 25.7 Å². The van der Waals surface area contributed by atoms with E-state index in [0.29, 0.717) is 12.6 Å². The van der Waals surface area contributed by atoms with E-state index in [1.165, 1.54) is 6.08 Å². The molecule has 0 aromatic heterocycles. The number of halogens is 3. The SMILES string of the molecule is N=C(C(N)=O)C1([C@@H]2CCCC3CCN3C2)C=CC(OC(F)(F)F)=CC1N. The molecule has 1 amide bonds. The highest BCUT2D eigenvalue weighted by Crippen LogP contribution is 2.44. The molecular weight excluding hydrogens is 349 g/mol. The van der Waals surface area contributed by atoms with Crippen LogP contribution in [-0.4, -0.2) is 48.1 Å². The molecule has 2 aliphatic heterocycles. The first kappa shape index (κ1) is 18.9. The van der Waals surface area contributed by atoms with E-state index in [-0.39, 0.29) is 11.6 Å². The average Bonchev–Trinajstić information content (AvgIpc) is 2.65. The van der Waals surface area contributed by atoms with E-state index in [9.17, 15) is 18.0 Å². The number of carbonyl (C=O) groups is 1. The van der Waals surface area contributed by atoms with Crippen molar-refractivity contribution >= 4 is 11.6 Å². The molecule has 0 aromatic carbocycles. The van der Waals surface area contributed by atoms with Gasteiger partial charge >= 0.3 is 6.36 Å². The Morgan fingerprint density at radius 2 is 2.08 bits per heavy atom. The van der Waals surface area contributed by atoms with Crippen LogP contribution in [0.2, 0.25) is 0 Å². The summed E-state index contributed by atoms with van der Waals surface area (Å²) in [7, 11) is 0. The Bertz CT molecular complexity index is 661. The molecule has 26 heavy (non-hydrogen) atoms. The minimum Gasteiger partial charge on any atom is -0.406 e. The van der Waals surface area contributed by atoms with Crippen molar-refractivity contribution in [2.24, 2.45) is 22.8 Å². The topological polar surface area (TPSA) is 105 Å². The lowest BCUT2D eigenvalue weighted by Crippen LogP contribution is -2.58. The molecule has 0 saturated carbocycles. The highest BCUT2D eigenvalue weighted by molar-refractivity contribution is 6.39. The van der Waals surface area contributed by atoms with Crippen LogP contribution in [0.4, 0.5) is 13.2 Å². The number of hydrogen-bond acceptors (Lipinski definition) is 5. The Morgan fingerprint density at radius 1 is 1.35 bits per heavy atom. The highest BCUT2D eigenvalue weighted by atomic mass is 19.4. The average molecular weight is 372 g/mol. The number of rotatable bonds is 4. The van der Waals surface area contributed by atoms with Crippen molar-refractivity contribution in [2.45, 2.75) is 44.1 Å². The van der Waals surface area contributed by atoms with Crippen LogP contribution in [0.15, 0.2) is 24.0 Å². The molecule has 2 heterocycles. The van der Waals surface area contributed by atoms with Gasteiger partial charge in [0.1, 0.15) is 11.5 Å². The van der Waals surface area contributed by atoms with E-state index in [1.54, 1.807) is 0 Å². The first-order valence-electron chi connectivity index (χ1n) is 8.69. The molecule has 0 bridgehead atoms. The minimum absolute atomic E-state index is 0.178. The van der Waals surface area contributed by atoms with Crippen LogP contribution < -0.4 is 11.5 Å². The zero-order chi connectivity index (χ0) is 19.1. The van der Waals surface area contributed by atoms with E-state index >= 15 is 0 Å². The molecule has 3 aliphatic rings. The number of primary amides is 1. The van der Waals surface area contributed by atoms with Gasteiger partial charge in [-0.25, -0.2) is 0 Å². The molecule has 144 valence electrons. The summed E-state index contributed by atoms with van der Waals surface area (Å²) >= 11 is 0. The summed E-state index contributed by atoms with van der Waals surface area (Å²) in [6.45, 7) is 1.58. The predicted molar refractivity (Wildman–Crippen MR) is 89.0 cm³/mol. The second kappa shape index (κ2) is 6.70. The van der Waals surface area contributed by atoms with Crippen molar-refractivity contribution in [2.75, 3.05) is 13.1 Å². The molecule has 0 radical (unpaired) electrons. The minimum atomic E-state index is -4.83. The third-order valence-corrected chi connectivity index (χ3v) is 5.82. The number of nitrogens with zero attached hydrogens (tertiary/aromatic N) is 1. The quantitative estimate of drug-likeness (QED) is 0.653. The van der Waals surface area contributed by atoms with Crippen LogP contribution in [-0.2, 0) is 9.53 Å². The zero-order valence-electron chi connectivity index (χ0n) is 14.3. The maximum absolute atomic E-state index is 12.5. The Hall–Kier alpha value is -1.87. The summed E-state index contributed by atoms with van der Waals surface area (Å²) in [4.78, 5) is 14.1. The number of nitrogens with two attached hydrogens (primary N) is 2. The number of allylic oxidation sites excluding steroid dienone is 1. The fourth-order valence-electron chi connectivity index (χ4n) is 4.40. The number of hydrogen-bond donors (Lipinski definition) is 3. The summed E-state index contributed by atoms with van der Waals surface area (Å²) in [6, 6.07) is -0.504. The van der Waals surface area contributed by atoms with E-state index in [4.69, 9.17) is 16.9 Å². The van der Waals surface area contributed by atoms with Gasteiger partial charge in [-0.15, -0.1) is 13.2 Å². The molecule has 9 heteroatoms. The van der Waals surface area contributed by atoms with Crippen LogP contribution in [0.3, 0.4) is 0 Å². The van der Waals surface area contributed by atoms with Crippen molar-refractivity contribution in [1.29, 1.82) is 5.41 Å². The molecule has 0 aromatic rings. The van der Waals surface area contributed by atoms with Crippen LogP contribution in [0.5, 0.6) is 0 Å². The number of nitrogens with one attached hydrogen (secondary N) is 1. The molecule has 2 saturated heterocycles. The monoisotopic (exact) mass is 372 g/mol. The third-order valence-electron chi connectivity index (χ3n) is 5.82. The van der Waals surface area contributed by atoms with Crippen molar-refractivity contribution in [3.05, 3.63) is 24.0 Å². The number of alkyl halides is 3. The van der Waals surface area contributed by atoms with Gasteiger partial charge in [0, 0.05) is 18.6 Å². The van der Waals surface area contributed by atoms with Crippen molar-refractivity contribution in [3.63, 3.8) is 0 Å². The third kappa shape index (κ3) is 3.37. The largest absolute Gasteiger partial charge is 0.573 e. The summed E-state index contributed by atoms with van der Waals surface area (Å²) in [5, 5.41) is 8.29. The van der Waals surface area contributed by atoms with E-state index in [1.807, 2.05) is 0 Å². The molecule has 4 atom stereocenters. The first-order valence-corrected chi connectivity index (χ1v) is 8.69. The Morgan fingerprint density at radius 3 is 2.62 bits per heavy atom. The van der Waals surface area contributed by atoms with E-state index < -0.39 is 29.5 Å². The van der Waals surface area contributed by atoms with Gasteiger partial charge in [-0.05, 0) is 43.9 Å². The van der Waals surface area contributed by atoms with Gasteiger partial charge in [0.2, 0.25) is 0 Å². The lowest BCUT2D eigenvalue weighted by atomic mass is 9.63. The normalized spacial score (nSPS) is 34.9. The Balaban J connectivity index is 1.92. The summed E-state index contributed by atoms with van der Waals surface area (Å²) < 4.78 is 41.4. The molecule has 1 aliphatic carbocycles. The summed E-state index contributed by atoms with van der Waals surface area (Å²) in [5.74, 6) is -1.53. The van der Waals surface area contributed by atoms with Gasteiger partial charge in [0.25, 0.3) is 5.91 Å². The lowest BCUT2D eigenvalue weighted by molar-refractivity contribution is -0.303. The Kier molecular flexibility index (Phi) is 4.87. The molecular formula is C17H23F3N4O2. The van der Waals surface area contributed by atoms with E-state index in [0.717, 1.165) is 44.4 Å². The van der Waals surface area contributed by atoms with Gasteiger partial charge < -0.3 is 16.2 Å². The van der Waals surface area contributed by atoms with Gasteiger partial charge in [-0.2, -0.15) is 0 Å². The first-order chi connectivity index (χ1) is 12.1. The lowest BCUT2D eigenvalue weighted by Gasteiger charge is -2.47. The van der Waals surface area contributed by atoms with Gasteiger partial charge in [-0.3, -0.25) is 15.1 Å². The van der Waals surface area contributed by atoms with Crippen LogP contribution in [0.25, 0.3) is 0 Å². The van der Waals surface area contributed by atoms with Gasteiger partial charge in [-0.1, -0.05) is 12.5 Å². The zero-order valence-corrected chi connectivity index (χ0v) is 14.3. The maximum atomic E-state index is 12.5. The summed E-state index contributed by atoms with van der Waals surface area (Å²) in [5.41, 5.74) is 9.98. The van der Waals surface area contributed by atoms with Gasteiger partial charge in [0.05, 0.1) is 5.41 Å². The fourth-order valence-corrected chi connectivity index (χ4v) is 4.40. The second-order valence-electron chi connectivity index (χ2n) is 7.21. The Labute approximate surface area is 149 Å². The second-order valence-corrected chi connectivity index (χ2v) is 7.21. The summed E-state index contributed by atoms with van der Waals surface area (Å²) in [6.07, 6.45) is 2.65. The van der Waals surface area contributed by atoms with Crippen LogP contribution in [0, 0.1) is 16.7 Å². The molecule has 3 unspecified atom stereocenters. The number of amides is 1. The van der Waals surface area contributed by atoms with Crippen molar-refractivity contribution in [3.8, 4) is 0 Å². The van der Waals surface area contributed by atoms with Gasteiger partial charge in [0.15, 0.2) is 0 Å². The smallest absolute Gasteiger partial charge is 0.406 e. The molecule has 0 spiro atoms. The van der Waals surface area contributed by atoms with E-state index in [2.05, 4.69) is 9.64 Å². The molecule has 3 rings (SSSR count). The number of carbonyl (C=O) groups excluding carboxylic acids is 1. The highest BCUT2D eigenvalue weighted by Gasteiger charge is 2.50. The van der Waals surface area contributed by atoms with Crippen molar-refractivity contribution < 1.29 is 22.7 Å². The maximum Gasteiger partial charge on any atom is 0.573 e.